The lowest BCUT2D eigenvalue weighted by molar-refractivity contribution is 0.104. The van der Waals surface area contributed by atoms with Crippen LogP contribution in [0.25, 0.3) is 6.08 Å². The lowest BCUT2D eigenvalue weighted by atomic mass is 10.1. The van der Waals surface area contributed by atoms with Crippen LogP contribution in [0, 0.1) is 0 Å². The first-order valence-electron chi connectivity index (χ1n) is 6.09. The summed E-state index contributed by atoms with van der Waals surface area (Å²) in [7, 11) is 1.56. The first-order chi connectivity index (χ1) is 10.0. The summed E-state index contributed by atoms with van der Waals surface area (Å²) in [5.41, 5.74) is 1.13. The molecule has 0 bridgehead atoms. The Bertz CT molecular complexity index is 667. The van der Waals surface area contributed by atoms with Gasteiger partial charge in [0, 0.05) is 5.56 Å². The van der Waals surface area contributed by atoms with Gasteiger partial charge in [-0.2, -0.15) is 0 Å². The molecule has 0 unspecified atom stereocenters. The molecule has 21 heavy (non-hydrogen) atoms. The first kappa shape index (κ1) is 15.1. The third-order valence-electron chi connectivity index (χ3n) is 2.87. The van der Waals surface area contributed by atoms with Crippen molar-refractivity contribution in [1.82, 2.24) is 0 Å². The molecule has 4 nitrogen and oxygen atoms in total. The Labute approximate surface area is 130 Å². The maximum atomic E-state index is 12.0. The maximum absolute atomic E-state index is 12.0. The predicted molar refractivity (Wildman–Crippen MR) is 83.8 cm³/mol. The highest BCUT2D eigenvalue weighted by Gasteiger charge is 2.06. The van der Waals surface area contributed by atoms with Crippen molar-refractivity contribution < 1.29 is 19.7 Å². The van der Waals surface area contributed by atoms with Gasteiger partial charge < -0.3 is 14.9 Å². The molecule has 0 fully saturated rings. The van der Waals surface area contributed by atoms with Gasteiger partial charge in [-0.05, 0) is 64.0 Å². The van der Waals surface area contributed by atoms with Crippen LogP contribution in [0.3, 0.4) is 0 Å². The molecule has 2 rings (SSSR count). The van der Waals surface area contributed by atoms with Crippen LogP contribution in [0.1, 0.15) is 15.9 Å². The number of hydrogen-bond donors (Lipinski definition) is 2. The highest BCUT2D eigenvalue weighted by molar-refractivity contribution is 9.10. The zero-order chi connectivity index (χ0) is 15.4. The molecule has 2 N–H and O–H groups in total. The fourth-order valence-electron chi connectivity index (χ4n) is 1.72. The van der Waals surface area contributed by atoms with E-state index >= 15 is 0 Å². The molecule has 0 aliphatic carbocycles. The average molecular weight is 349 g/mol. The summed E-state index contributed by atoms with van der Waals surface area (Å²) in [6.45, 7) is 0. The molecular formula is C16H13BrO4. The van der Waals surface area contributed by atoms with Gasteiger partial charge in [-0.15, -0.1) is 0 Å². The number of phenols is 2. The van der Waals surface area contributed by atoms with Crippen molar-refractivity contribution >= 4 is 27.8 Å². The van der Waals surface area contributed by atoms with E-state index in [1.807, 2.05) is 0 Å². The molecule has 2 aromatic rings. The summed E-state index contributed by atoms with van der Waals surface area (Å²) >= 11 is 3.12. The van der Waals surface area contributed by atoms with E-state index in [-0.39, 0.29) is 17.3 Å². The molecule has 0 saturated carbocycles. The lowest BCUT2D eigenvalue weighted by Gasteiger charge is -2.02. The minimum absolute atomic E-state index is 0.165. The zero-order valence-electron chi connectivity index (χ0n) is 11.2. The van der Waals surface area contributed by atoms with Gasteiger partial charge in [-0.25, -0.2) is 0 Å². The summed E-state index contributed by atoms with van der Waals surface area (Å²) in [5.74, 6) is 0.0406. The molecule has 0 aliphatic rings. The molecule has 0 aromatic heterocycles. The third-order valence-corrected chi connectivity index (χ3v) is 3.47. The smallest absolute Gasteiger partial charge is 0.185 e. The number of hydrogen-bond acceptors (Lipinski definition) is 4. The van der Waals surface area contributed by atoms with E-state index in [0.717, 1.165) is 0 Å². The molecule has 0 radical (unpaired) electrons. The highest BCUT2D eigenvalue weighted by Crippen LogP contribution is 2.34. The van der Waals surface area contributed by atoms with Crippen LogP contribution in [0.2, 0.25) is 0 Å². The van der Waals surface area contributed by atoms with Crippen LogP contribution in [0.5, 0.6) is 17.2 Å². The number of benzene rings is 2. The molecule has 108 valence electrons. The second-order valence-electron chi connectivity index (χ2n) is 4.30. The lowest BCUT2D eigenvalue weighted by Crippen LogP contribution is -1.94. The van der Waals surface area contributed by atoms with Crippen LogP contribution >= 0.6 is 15.9 Å². The first-order valence-corrected chi connectivity index (χ1v) is 6.88. The van der Waals surface area contributed by atoms with Crippen molar-refractivity contribution in [2.45, 2.75) is 0 Å². The van der Waals surface area contributed by atoms with Crippen molar-refractivity contribution in [3.8, 4) is 17.2 Å². The van der Waals surface area contributed by atoms with E-state index in [2.05, 4.69) is 15.9 Å². The summed E-state index contributed by atoms with van der Waals surface area (Å²) < 4.78 is 5.39. The Morgan fingerprint density at radius 1 is 1.19 bits per heavy atom. The minimum Gasteiger partial charge on any atom is -0.504 e. The van der Waals surface area contributed by atoms with Gasteiger partial charge in [0.1, 0.15) is 5.75 Å². The van der Waals surface area contributed by atoms with Crippen LogP contribution in [0.15, 0.2) is 46.9 Å². The van der Waals surface area contributed by atoms with Gasteiger partial charge in [0.15, 0.2) is 17.3 Å². The molecule has 0 aliphatic heterocycles. The fraction of sp³-hybridized carbons (Fsp3) is 0.0625. The van der Waals surface area contributed by atoms with Gasteiger partial charge >= 0.3 is 0 Å². The Balaban J connectivity index is 2.18. The van der Waals surface area contributed by atoms with E-state index in [1.54, 1.807) is 43.5 Å². The van der Waals surface area contributed by atoms with Crippen LogP contribution in [-0.4, -0.2) is 23.1 Å². The van der Waals surface area contributed by atoms with Crippen molar-refractivity contribution in [3.05, 3.63) is 58.1 Å². The summed E-state index contributed by atoms with van der Waals surface area (Å²) in [5, 5.41) is 18.9. The predicted octanol–water partition coefficient (Wildman–Crippen LogP) is 3.77. The van der Waals surface area contributed by atoms with Crippen molar-refractivity contribution in [3.63, 3.8) is 0 Å². The van der Waals surface area contributed by atoms with Gasteiger partial charge in [-0.1, -0.05) is 6.08 Å². The van der Waals surface area contributed by atoms with Crippen molar-refractivity contribution in [2.75, 3.05) is 7.11 Å². The van der Waals surface area contributed by atoms with E-state index in [4.69, 9.17) is 4.74 Å². The number of rotatable bonds is 4. The number of ketones is 1. The molecule has 0 spiro atoms. The summed E-state index contributed by atoms with van der Waals surface area (Å²) in [6.07, 6.45) is 2.97. The van der Waals surface area contributed by atoms with Gasteiger partial charge in [0.05, 0.1) is 11.6 Å². The molecular weight excluding hydrogens is 336 g/mol. The molecule has 0 heterocycles. The van der Waals surface area contributed by atoms with Crippen molar-refractivity contribution in [2.24, 2.45) is 0 Å². The van der Waals surface area contributed by atoms with E-state index in [1.165, 1.54) is 12.1 Å². The fourth-order valence-corrected chi connectivity index (χ4v) is 2.19. The second-order valence-corrected chi connectivity index (χ2v) is 5.15. The number of allylic oxidation sites excluding steroid dienone is 1. The van der Waals surface area contributed by atoms with Crippen LogP contribution in [-0.2, 0) is 0 Å². The topological polar surface area (TPSA) is 66.8 Å². The van der Waals surface area contributed by atoms with Gasteiger partial charge in [0.2, 0.25) is 0 Å². The number of carbonyl (C=O) groups is 1. The number of ether oxygens (including phenoxy) is 1. The second kappa shape index (κ2) is 6.45. The monoisotopic (exact) mass is 348 g/mol. The number of phenolic OH excluding ortho intramolecular Hbond substituents is 2. The Morgan fingerprint density at radius 2 is 1.86 bits per heavy atom. The van der Waals surface area contributed by atoms with Gasteiger partial charge in [0.25, 0.3) is 0 Å². The highest BCUT2D eigenvalue weighted by atomic mass is 79.9. The maximum Gasteiger partial charge on any atom is 0.185 e. The van der Waals surface area contributed by atoms with Crippen LogP contribution in [0.4, 0.5) is 0 Å². The Hall–Kier alpha value is -2.27. The molecule has 0 atom stereocenters. The van der Waals surface area contributed by atoms with E-state index in [0.29, 0.717) is 21.3 Å². The Morgan fingerprint density at radius 3 is 2.43 bits per heavy atom. The number of carbonyl (C=O) groups excluding carboxylic acids is 1. The zero-order valence-corrected chi connectivity index (χ0v) is 12.8. The molecule has 2 aromatic carbocycles. The quantitative estimate of drug-likeness (QED) is 0.501. The summed E-state index contributed by atoms with van der Waals surface area (Å²) in [4.78, 5) is 12.0. The molecule has 5 heteroatoms. The van der Waals surface area contributed by atoms with Crippen molar-refractivity contribution in [1.29, 1.82) is 0 Å². The normalized spacial score (nSPS) is 10.8. The third kappa shape index (κ3) is 3.64. The Kier molecular flexibility index (Phi) is 4.65. The standard InChI is InChI=1S/C16H13BrO4/c1-21-12-5-3-11(4-6-12)14(18)7-2-10-8-13(17)16(20)15(19)9-10/h2-9,19-20H,1H3/b7-2+. The number of aromatic hydroxyl groups is 2. The SMILES string of the molecule is COc1ccc(C(=O)/C=C/c2cc(O)c(O)c(Br)c2)cc1. The van der Waals surface area contributed by atoms with E-state index in [9.17, 15) is 15.0 Å². The molecule has 0 saturated heterocycles. The minimum atomic E-state index is -0.249. The number of halogens is 1. The van der Waals surface area contributed by atoms with Gasteiger partial charge in [-0.3, -0.25) is 4.79 Å². The van der Waals surface area contributed by atoms with Crippen LogP contribution < -0.4 is 4.74 Å². The van der Waals surface area contributed by atoms with E-state index < -0.39 is 0 Å². The number of methoxy groups -OCH3 is 1. The molecule has 0 amide bonds. The average Bonchev–Trinajstić information content (AvgIpc) is 2.50. The largest absolute Gasteiger partial charge is 0.504 e. The summed E-state index contributed by atoms with van der Waals surface area (Å²) in [6, 6.07) is 9.75.